The van der Waals surface area contributed by atoms with Crippen molar-refractivity contribution in [2.24, 2.45) is 4.99 Å². The van der Waals surface area contributed by atoms with Crippen LogP contribution in [0.1, 0.15) is 5.56 Å². The predicted octanol–water partition coefficient (Wildman–Crippen LogP) is 5.68. The van der Waals surface area contributed by atoms with Crippen LogP contribution in [0.25, 0.3) is 27.2 Å². The van der Waals surface area contributed by atoms with E-state index >= 15 is 0 Å². The molecule has 3 aromatic rings. The molecule has 128 valence electrons. The van der Waals surface area contributed by atoms with E-state index in [4.69, 9.17) is 11.8 Å². The first kappa shape index (κ1) is 17.8. The fourth-order valence-electron chi connectivity index (χ4n) is 2.53. The van der Waals surface area contributed by atoms with Gasteiger partial charge >= 0.3 is 0 Å². The summed E-state index contributed by atoms with van der Waals surface area (Å²) in [7, 11) is 0. The largest absolute Gasteiger partial charge is 0.290 e. The van der Waals surface area contributed by atoms with Gasteiger partial charge in [-0.1, -0.05) is 54.1 Å². The van der Waals surface area contributed by atoms with E-state index in [1.165, 1.54) is 0 Å². The highest BCUT2D eigenvalue weighted by molar-refractivity contribution is 9.10. The van der Waals surface area contributed by atoms with Gasteiger partial charge in [-0.25, -0.2) is 14.8 Å². The highest BCUT2D eigenvalue weighted by atomic mass is 79.9. The van der Waals surface area contributed by atoms with Crippen molar-refractivity contribution in [3.63, 3.8) is 0 Å². The van der Waals surface area contributed by atoms with Crippen molar-refractivity contribution < 1.29 is 5.21 Å². The Bertz CT molecular complexity index is 990. The minimum absolute atomic E-state index is 0.448. The van der Waals surface area contributed by atoms with Crippen molar-refractivity contribution in [3.8, 4) is 22.4 Å². The third-order valence-electron chi connectivity index (χ3n) is 3.83. The average Bonchev–Trinajstić information content (AvgIpc) is 2.67. The molecule has 26 heavy (non-hydrogen) atoms. The quantitative estimate of drug-likeness (QED) is 0.253. The summed E-state index contributed by atoms with van der Waals surface area (Å²) in [5, 5.41) is 8.75. The molecule has 3 rings (SSSR count). The minimum atomic E-state index is 0.448. The summed E-state index contributed by atoms with van der Waals surface area (Å²) in [4.78, 5) is 12.2. The molecule has 0 amide bonds. The first-order valence-electron chi connectivity index (χ1n) is 7.80. The standard InChI is InChI=1S/C20H15BrN4O/c1-13-3-5-15(6-4-13)19-17(14-7-9-16(22-2)10-8-14)11-18(21)20(25-19)23-12-24-26/h3-12,26H,1H3,(H,23,24,25). The Kier molecular flexibility index (Phi) is 5.42. The maximum atomic E-state index is 8.75. The van der Waals surface area contributed by atoms with Gasteiger partial charge < -0.3 is 0 Å². The molecule has 0 aliphatic carbocycles. The summed E-state index contributed by atoms with van der Waals surface area (Å²) < 4.78 is 0.698. The van der Waals surface area contributed by atoms with Crippen LogP contribution in [0.4, 0.5) is 11.5 Å². The SMILES string of the molecule is [C-]#[N+]c1ccc(-c2cc(Br)c(N=CNO)nc2-c2ccc(C)cc2)cc1. The van der Waals surface area contributed by atoms with E-state index in [2.05, 4.69) is 30.8 Å². The minimum Gasteiger partial charge on any atom is -0.290 e. The van der Waals surface area contributed by atoms with Crippen LogP contribution in [0.2, 0.25) is 0 Å². The van der Waals surface area contributed by atoms with Crippen LogP contribution >= 0.6 is 15.9 Å². The second kappa shape index (κ2) is 7.91. The van der Waals surface area contributed by atoms with Crippen LogP contribution in [-0.4, -0.2) is 16.5 Å². The molecule has 0 fully saturated rings. The number of hydrogen-bond acceptors (Lipinski definition) is 3. The smallest absolute Gasteiger partial charge is 0.187 e. The molecule has 0 saturated carbocycles. The summed E-state index contributed by atoms with van der Waals surface area (Å²) in [5.74, 6) is 0.448. The van der Waals surface area contributed by atoms with Crippen molar-refractivity contribution >= 4 is 33.8 Å². The van der Waals surface area contributed by atoms with E-state index in [1.54, 1.807) is 12.1 Å². The van der Waals surface area contributed by atoms with E-state index in [9.17, 15) is 0 Å². The normalized spacial score (nSPS) is 10.7. The summed E-state index contributed by atoms with van der Waals surface area (Å²) in [6, 6.07) is 17.4. The van der Waals surface area contributed by atoms with Gasteiger partial charge in [0, 0.05) is 11.1 Å². The van der Waals surface area contributed by atoms with Gasteiger partial charge in [0.25, 0.3) is 0 Å². The molecular formula is C20H15BrN4O. The van der Waals surface area contributed by atoms with Gasteiger partial charge in [0.2, 0.25) is 0 Å². The number of nitrogens with one attached hydrogen (secondary N) is 1. The Morgan fingerprint density at radius 2 is 1.77 bits per heavy atom. The second-order valence-corrected chi connectivity index (χ2v) is 6.46. The molecule has 1 aromatic heterocycles. The molecule has 0 saturated heterocycles. The molecule has 0 atom stereocenters. The molecule has 5 nitrogen and oxygen atoms in total. The molecule has 6 heteroatoms. The predicted molar refractivity (Wildman–Crippen MR) is 107 cm³/mol. The van der Waals surface area contributed by atoms with E-state index in [1.807, 2.05) is 54.9 Å². The molecule has 1 heterocycles. The van der Waals surface area contributed by atoms with Crippen molar-refractivity contribution in [3.05, 3.63) is 76.1 Å². The monoisotopic (exact) mass is 406 g/mol. The molecule has 0 bridgehead atoms. The number of benzene rings is 2. The second-order valence-electron chi connectivity index (χ2n) is 5.60. The van der Waals surface area contributed by atoms with Crippen LogP contribution in [0, 0.1) is 13.5 Å². The van der Waals surface area contributed by atoms with Gasteiger partial charge in [0.05, 0.1) is 16.7 Å². The maximum absolute atomic E-state index is 8.75. The molecule has 0 radical (unpaired) electrons. The van der Waals surface area contributed by atoms with Crippen LogP contribution in [0.15, 0.2) is 64.1 Å². The Balaban J connectivity index is 2.21. The Labute approximate surface area is 160 Å². The summed E-state index contributed by atoms with van der Waals surface area (Å²) in [6.45, 7) is 9.14. The van der Waals surface area contributed by atoms with Gasteiger partial charge in [-0.15, -0.1) is 0 Å². The third-order valence-corrected chi connectivity index (χ3v) is 4.42. The number of aryl methyl sites for hydroxylation is 1. The summed E-state index contributed by atoms with van der Waals surface area (Å²) >= 11 is 3.49. The highest BCUT2D eigenvalue weighted by Gasteiger charge is 2.13. The van der Waals surface area contributed by atoms with E-state index in [0.717, 1.165) is 34.3 Å². The lowest BCUT2D eigenvalue weighted by Crippen LogP contribution is -2.01. The Morgan fingerprint density at radius 1 is 1.12 bits per heavy atom. The van der Waals surface area contributed by atoms with Gasteiger partial charge in [-0.3, -0.25) is 10.7 Å². The zero-order chi connectivity index (χ0) is 18.5. The lowest BCUT2D eigenvalue weighted by molar-refractivity contribution is 0.240. The van der Waals surface area contributed by atoms with Gasteiger partial charge in [0.1, 0.15) is 6.34 Å². The topological polar surface area (TPSA) is 61.9 Å². The van der Waals surface area contributed by atoms with E-state index < -0.39 is 0 Å². The fraction of sp³-hybridized carbons (Fsp3) is 0.0500. The van der Waals surface area contributed by atoms with Crippen molar-refractivity contribution in [2.75, 3.05) is 0 Å². The number of hydroxylamine groups is 1. The molecule has 2 aromatic carbocycles. The van der Waals surface area contributed by atoms with Gasteiger partial charge in [0.15, 0.2) is 11.5 Å². The van der Waals surface area contributed by atoms with Gasteiger partial charge in [-0.2, -0.15) is 0 Å². The molecule has 0 unspecified atom stereocenters. The third kappa shape index (κ3) is 3.80. The van der Waals surface area contributed by atoms with Crippen LogP contribution in [-0.2, 0) is 0 Å². The molecule has 0 aliphatic heterocycles. The molecular weight excluding hydrogens is 392 g/mol. The number of pyridine rings is 1. The highest BCUT2D eigenvalue weighted by Crippen LogP contribution is 2.37. The fourth-order valence-corrected chi connectivity index (χ4v) is 2.95. The van der Waals surface area contributed by atoms with Crippen LogP contribution in [0.5, 0.6) is 0 Å². The van der Waals surface area contributed by atoms with Gasteiger partial charge in [-0.05, 0) is 34.5 Å². The van der Waals surface area contributed by atoms with Crippen LogP contribution < -0.4 is 5.48 Å². The van der Waals surface area contributed by atoms with Crippen molar-refractivity contribution in [1.29, 1.82) is 0 Å². The van der Waals surface area contributed by atoms with E-state index in [0.29, 0.717) is 16.0 Å². The molecule has 0 spiro atoms. The number of aromatic nitrogens is 1. The van der Waals surface area contributed by atoms with Crippen molar-refractivity contribution in [1.82, 2.24) is 10.5 Å². The van der Waals surface area contributed by atoms with Crippen molar-refractivity contribution in [2.45, 2.75) is 6.92 Å². The maximum Gasteiger partial charge on any atom is 0.187 e. The lowest BCUT2D eigenvalue weighted by Gasteiger charge is -2.12. The van der Waals surface area contributed by atoms with E-state index in [-0.39, 0.29) is 0 Å². The average molecular weight is 407 g/mol. The number of halogens is 1. The zero-order valence-electron chi connectivity index (χ0n) is 13.9. The number of rotatable bonds is 4. The zero-order valence-corrected chi connectivity index (χ0v) is 15.5. The number of hydrogen-bond donors (Lipinski definition) is 2. The first-order chi connectivity index (χ1) is 12.6. The lowest BCUT2D eigenvalue weighted by atomic mass is 9.98. The first-order valence-corrected chi connectivity index (χ1v) is 8.59. The van der Waals surface area contributed by atoms with Crippen LogP contribution in [0.3, 0.4) is 0 Å². The number of aliphatic imine (C=N–C) groups is 1. The molecule has 2 N–H and O–H groups in total. The summed E-state index contributed by atoms with van der Waals surface area (Å²) in [6.07, 6.45) is 1.16. The number of nitrogens with zero attached hydrogens (tertiary/aromatic N) is 3. The molecule has 0 aliphatic rings. The Hall–Kier alpha value is -3.01. The summed E-state index contributed by atoms with van der Waals surface area (Å²) in [5.41, 5.74) is 7.25. The Morgan fingerprint density at radius 3 is 2.38 bits per heavy atom.